The summed E-state index contributed by atoms with van der Waals surface area (Å²) in [5, 5.41) is 1.22. The molecule has 4 heterocycles. The summed E-state index contributed by atoms with van der Waals surface area (Å²) in [4.78, 5) is 4.59. The first-order valence-electron chi connectivity index (χ1n) is 11.1. The van der Waals surface area contributed by atoms with Crippen molar-refractivity contribution in [2.45, 2.75) is 31.5 Å². The number of fused-ring (bicyclic) bond motifs is 4. The molecule has 2 bridgehead atoms. The molecule has 0 N–H and O–H groups in total. The van der Waals surface area contributed by atoms with Crippen molar-refractivity contribution in [1.29, 1.82) is 0 Å². The second kappa shape index (κ2) is 7.98. The van der Waals surface area contributed by atoms with E-state index in [0.717, 1.165) is 23.1 Å². The molecule has 1 unspecified atom stereocenters. The van der Waals surface area contributed by atoms with Gasteiger partial charge < -0.3 is 9.22 Å². The summed E-state index contributed by atoms with van der Waals surface area (Å²) in [5.41, 5.74) is 3.74. The van der Waals surface area contributed by atoms with E-state index in [-0.39, 0.29) is 6.10 Å². The molecule has 0 radical (unpaired) electrons. The van der Waals surface area contributed by atoms with Crippen molar-refractivity contribution >= 4 is 10.9 Å². The van der Waals surface area contributed by atoms with Gasteiger partial charge in [0.2, 0.25) is 0 Å². The highest BCUT2D eigenvalue weighted by molar-refractivity contribution is 5.82. The summed E-state index contributed by atoms with van der Waals surface area (Å²) in [5.74, 6) is 1.32. The van der Waals surface area contributed by atoms with Crippen LogP contribution in [-0.2, 0) is 11.3 Å². The minimum atomic E-state index is 0.0650. The highest BCUT2D eigenvalue weighted by atomic mass is 16.5. The van der Waals surface area contributed by atoms with Gasteiger partial charge in [0, 0.05) is 43.0 Å². The van der Waals surface area contributed by atoms with E-state index < -0.39 is 0 Å². The van der Waals surface area contributed by atoms with Crippen LogP contribution in [-0.4, -0.2) is 35.7 Å². The lowest BCUT2D eigenvalue weighted by Gasteiger charge is -2.58. The molecule has 1 aromatic heterocycles. The third-order valence-electron chi connectivity index (χ3n) is 7.61. The SMILES string of the molecule is C=C[C@H]1C[N+]2(Cc3ccccc3)CC[C@H]1C[C@@H]2[C@@H](OC)c1ccnc2ccccc12. The maximum absolute atomic E-state index is 6.30. The van der Waals surface area contributed by atoms with Crippen molar-refractivity contribution in [1.82, 2.24) is 4.98 Å². The number of nitrogens with zero attached hydrogens (tertiary/aromatic N) is 2. The molecule has 0 spiro atoms. The Kier molecular flexibility index (Phi) is 5.18. The van der Waals surface area contributed by atoms with Crippen LogP contribution in [0.5, 0.6) is 0 Å². The number of quaternary nitrogens is 1. The first-order chi connectivity index (χ1) is 14.7. The molecule has 0 amide bonds. The van der Waals surface area contributed by atoms with Crippen LogP contribution in [0.1, 0.15) is 30.1 Å². The fourth-order valence-electron chi connectivity index (χ4n) is 6.17. The highest BCUT2D eigenvalue weighted by Crippen LogP contribution is 2.48. The lowest BCUT2D eigenvalue weighted by molar-refractivity contribution is -0.985. The smallest absolute Gasteiger partial charge is 0.135 e. The quantitative estimate of drug-likeness (QED) is 0.401. The van der Waals surface area contributed by atoms with Crippen molar-refractivity contribution < 1.29 is 9.22 Å². The molecule has 3 aliphatic rings. The van der Waals surface area contributed by atoms with Crippen LogP contribution in [0.15, 0.2) is 79.5 Å². The van der Waals surface area contributed by atoms with Crippen molar-refractivity contribution in [3.8, 4) is 0 Å². The standard InChI is InChI=1S/C27H31N2O/c1-3-21-19-29(18-20-9-5-4-6-10-20)16-14-22(21)17-26(29)27(30-2)24-13-15-28-25-12-8-7-11-23(24)25/h3-13,15,21-22,26-27H,1,14,16-19H2,2H3/q+1/t21-,22-,26+,27-,29?/m0/s1. The maximum Gasteiger partial charge on any atom is 0.135 e. The van der Waals surface area contributed by atoms with Crippen LogP contribution >= 0.6 is 0 Å². The summed E-state index contributed by atoms with van der Waals surface area (Å²) in [6.07, 6.45) is 6.69. The van der Waals surface area contributed by atoms with E-state index in [1.165, 1.54) is 35.9 Å². The van der Waals surface area contributed by atoms with Gasteiger partial charge in [0.1, 0.15) is 18.7 Å². The molecule has 3 nitrogen and oxygen atoms in total. The minimum Gasteiger partial charge on any atom is -0.370 e. The Morgan fingerprint density at radius 1 is 1.13 bits per heavy atom. The molecule has 3 fully saturated rings. The Morgan fingerprint density at radius 3 is 2.73 bits per heavy atom. The Morgan fingerprint density at radius 2 is 1.93 bits per heavy atom. The number of hydrogen-bond acceptors (Lipinski definition) is 2. The number of piperidine rings is 3. The van der Waals surface area contributed by atoms with Crippen LogP contribution < -0.4 is 0 Å². The fraction of sp³-hybridized carbons (Fsp3) is 0.370. The molecular weight excluding hydrogens is 368 g/mol. The molecular formula is C27H31N2O+. The first kappa shape index (κ1) is 19.5. The maximum atomic E-state index is 6.30. The second-order valence-electron chi connectivity index (χ2n) is 9.09. The Labute approximate surface area is 179 Å². The molecule has 3 saturated heterocycles. The van der Waals surface area contributed by atoms with Gasteiger partial charge in [-0.25, -0.2) is 0 Å². The zero-order valence-corrected chi connectivity index (χ0v) is 17.8. The molecule has 6 rings (SSSR count). The van der Waals surface area contributed by atoms with E-state index in [4.69, 9.17) is 4.74 Å². The largest absolute Gasteiger partial charge is 0.370 e. The van der Waals surface area contributed by atoms with E-state index >= 15 is 0 Å². The van der Waals surface area contributed by atoms with Crippen LogP contribution in [0.25, 0.3) is 10.9 Å². The summed E-state index contributed by atoms with van der Waals surface area (Å²) in [6.45, 7) is 7.62. The molecule has 5 atom stereocenters. The second-order valence-corrected chi connectivity index (χ2v) is 9.09. The Balaban J connectivity index is 1.58. The Bertz CT molecular complexity index is 1030. The van der Waals surface area contributed by atoms with Gasteiger partial charge >= 0.3 is 0 Å². The average Bonchev–Trinajstić information content (AvgIpc) is 2.81. The lowest BCUT2D eigenvalue weighted by Crippen LogP contribution is -2.67. The third kappa shape index (κ3) is 3.27. The molecule has 3 aromatic rings. The van der Waals surface area contributed by atoms with Crippen LogP contribution in [0.2, 0.25) is 0 Å². The summed E-state index contributed by atoms with van der Waals surface area (Å²) >= 11 is 0. The van der Waals surface area contributed by atoms with Gasteiger partial charge in [0.05, 0.1) is 18.6 Å². The minimum absolute atomic E-state index is 0.0650. The van der Waals surface area contributed by atoms with Crippen LogP contribution in [0.3, 0.4) is 0 Å². The van der Waals surface area contributed by atoms with Crippen molar-refractivity contribution in [2.75, 3.05) is 20.2 Å². The number of hydrogen-bond donors (Lipinski definition) is 0. The van der Waals surface area contributed by atoms with Gasteiger partial charge in [-0.3, -0.25) is 4.98 Å². The predicted molar refractivity (Wildman–Crippen MR) is 122 cm³/mol. The van der Waals surface area contributed by atoms with Crippen molar-refractivity contribution in [3.63, 3.8) is 0 Å². The van der Waals surface area contributed by atoms with E-state index in [1.54, 1.807) is 0 Å². The van der Waals surface area contributed by atoms with Gasteiger partial charge in [-0.05, 0) is 23.6 Å². The number of pyridine rings is 1. The number of aromatic nitrogens is 1. The van der Waals surface area contributed by atoms with E-state index in [1.807, 2.05) is 13.3 Å². The van der Waals surface area contributed by atoms with E-state index in [2.05, 4.69) is 78.3 Å². The predicted octanol–water partition coefficient (Wildman–Crippen LogP) is 5.53. The average molecular weight is 400 g/mol. The van der Waals surface area contributed by atoms with Gasteiger partial charge in [-0.1, -0.05) is 54.6 Å². The van der Waals surface area contributed by atoms with E-state index in [0.29, 0.717) is 17.9 Å². The number of para-hydroxylation sites is 1. The molecule has 2 aromatic carbocycles. The summed E-state index contributed by atoms with van der Waals surface area (Å²) in [6, 6.07) is 22.0. The van der Waals surface area contributed by atoms with Crippen LogP contribution in [0, 0.1) is 11.8 Å². The first-order valence-corrected chi connectivity index (χ1v) is 11.1. The number of methoxy groups -OCH3 is 1. The number of rotatable bonds is 6. The fourth-order valence-corrected chi connectivity index (χ4v) is 6.17. The normalized spacial score (nSPS) is 29.0. The monoisotopic (exact) mass is 399 g/mol. The highest BCUT2D eigenvalue weighted by Gasteiger charge is 2.54. The molecule has 0 aliphatic carbocycles. The molecule has 30 heavy (non-hydrogen) atoms. The topological polar surface area (TPSA) is 22.1 Å². The number of benzene rings is 2. The van der Waals surface area contributed by atoms with E-state index in [9.17, 15) is 0 Å². The third-order valence-corrected chi connectivity index (χ3v) is 7.61. The Hall–Kier alpha value is -2.49. The zero-order valence-electron chi connectivity index (χ0n) is 17.8. The van der Waals surface area contributed by atoms with Gasteiger partial charge in [-0.15, -0.1) is 6.58 Å². The van der Waals surface area contributed by atoms with Gasteiger partial charge in [0.15, 0.2) is 0 Å². The number of ether oxygens (including phenoxy) is 1. The molecule has 3 heteroatoms. The zero-order chi connectivity index (χ0) is 20.6. The van der Waals surface area contributed by atoms with Gasteiger partial charge in [0.25, 0.3) is 0 Å². The lowest BCUT2D eigenvalue weighted by atomic mass is 9.71. The van der Waals surface area contributed by atoms with Crippen molar-refractivity contribution in [3.05, 3.63) is 90.6 Å². The van der Waals surface area contributed by atoms with Gasteiger partial charge in [-0.2, -0.15) is 0 Å². The molecule has 0 saturated carbocycles. The van der Waals surface area contributed by atoms with Crippen LogP contribution in [0.4, 0.5) is 0 Å². The molecule has 154 valence electrons. The molecule has 3 aliphatic heterocycles. The summed E-state index contributed by atoms with van der Waals surface area (Å²) in [7, 11) is 1.88. The van der Waals surface area contributed by atoms with Crippen molar-refractivity contribution in [2.24, 2.45) is 11.8 Å². The summed E-state index contributed by atoms with van der Waals surface area (Å²) < 4.78 is 7.39.